The molecule has 0 spiro atoms. The van der Waals surface area contributed by atoms with Crippen molar-refractivity contribution in [2.24, 2.45) is 0 Å². The maximum Gasteiger partial charge on any atom is 0.409 e. The van der Waals surface area contributed by atoms with E-state index < -0.39 is 0 Å². The zero-order chi connectivity index (χ0) is 30.1. The molecule has 0 radical (unpaired) electrons. The SMILES string of the molecule is CC(C)n1c(=O)n(C(=O)N[C@@H]2C[C@H]3CC[C@@H](C2)N3CCCOC(=O)N2CCN(C(=O)C3CCCO3)CC2)c2ccccc21. The van der Waals surface area contributed by atoms with Crippen molar-refractivity contribution in [2.45, 2.75) is 89.1 Å². The normalized spacial score (nSPS) is 25.9. The van der Waals surface area contributed by atoms with Gasteiger partial charge in [0, 0.05) is 63.5 Å². The molecular formula is C31H44N6O6. The molecule has 4 fully saturated rings. The maximum atomic E-state index is 13.4. The number of ether oxygens (including phenoxy) is 2. The molecular weight excluding hydrogens is 552 g/mol. The van der Waals surface area contributed by atoms with Crippen molar-refractivity contribution < 1.29 is 23.9 Å². The summed E-state index contributed by atoms with van der Waals surface area (Å²) in [5.74, 6) is 0.0381. The van der Waals surface area contributed by atoms with Crippen LogP contribution in [0.1, 0.15) is 64.8 Å². The molecule has 12 heteroatoms. The summed E-state index contributed by atoms with van der Waals surface area (Å²) in [7, 11) is 0. The van der Waals surface area contributed by atoms with Crippen LogP contribution in [0.5, 0.6) is 0 Å². The van der Waals surface area contributed by atoms with Gasteiger partial charge in [0.2, 0.25) is 0 Å². The second-order valence-corrected chi connectivity index (χ2v) is 12.6. The molecule has 234 valence electrons. The standard InChI is InChI=1S/C31H44N6O6/c1-21(2)36-25-7-3-4-8-26(25)37(30(36)40)29(39)32-22-19-23-10-11-24(20-22)35(23)12-6-18-43-31(41)34-15-13-33(14-16-34)28(38)27-9-5-17-42-27/h3-4,7-8,21-24,27H,5-6,9-20H2,1-2H3,(H,32,39)/t22-,23-,24+,27?. The number of fused-ring (bicyclic) bond motifs is 3. The first-order valence-corrected chi connectivity index (χ1v) is 15.9. The number of carbonyl (C=O) groups excluding carboxylic acids is 3. The van der Waals surface area contributed by atoms with E-state index in [0.717, 1.165) is 57.0 Å². The number of rotatable bonds is 7. The first kappa shape index (κ1) is 29.7. The van der Waals surface area contributed by atoms with E-state index >= 15 is 0 Å². The van der Waals surface area contributed by atoms with E-state index in [4.69, 9.17) is 9.47 Å². The highest BCUT2D eigenvalue weighted by molar-refractivity contribution is 5.89. The molecule has 4 aliphatic heterocycles. The van der Waals surface area contributed by atoms with Gasteiger partial charge < -0.3 is 24.6 Å². The van der Waals surface area contributed by atoms with Crippen molar-refractivity contribution in [3.05, 3.63) is 34.7 Å². The minimum absolute atomic E-state index is 0.0120. The van der Waals surface area contributed by atoms with E-state index in [2.05, 4.69) is 10.2 Å². The van der Waals surface area contributed by atoms with Gasteiger partial charge in [-0.1, -0.05) is 12.1 Å². The number of para-hydroxylation sites is 2. The predicted molar refractivity (Wildman–Crippen MR) is 160 cm³/mol. The predicted octanol–water partition coefficient (Wildman–Crippen LogP) is 2.79. The van der Waals surface area contributed by atoms with E-state index in [0.29, 0.717) is 57.0 Å². The van der Waals surface area contributed by atoms with Gasteiger partial charge in [-0.15, -0.1) is 0 Å². The fourth-order valence-electron chi connectivity index (χ4n) is 7.45. The Kier molecular flexibility index (Phi) is 8.76. The molecule has 6 rings (SSSR count). The molecule has 4 atom stereocenters. The molecule has 1 unspecified atom stereocenters. The number of piperazine rings is 1. The van der Waals surface area contributed by atoms with Gasteiger partial charge >= 0.3 is 17.8 Å². The van der Waals surface area contributed by atoms with Crippen molar-refractivity contribution in [1.29, 1.82) is 0 Å². The fourth-order valence-corrected chi connectivity index (χ4v) is 7.45. The number of nitrogens with one attached hydrogen (secondary N) is 1. The minimum Gasteiger partial charge on any atom is -0.449 e. The summed E-state index contributed by atoms with van der Waals surface area (Å²) in [6, 6.07) is 7.76. The Morgan fingerprint density at radius 3 is 2.30 bits per heavy atom. The topological polar surface area (TPSA) is 118 Å². The summed E-state index contributed by atoms with van der Waals surface area (Å²) >= 11 is 0. The molecule has 1 N–H and O–H groups in total. The molecule has 1 aromatic carbocycles. The van der Waals surface area contributed by atoms with Crippen LogP contribution in [-0.4, -0.2) is 112 Å². The van der Waals surface area contributed by atoms with Crippen LogP contribution in [0.3, 0.4) is 0 Å². The Balaban J connectivity index is 0.947. The lowest BCUT2D eigenvalue weighted by atomic mass is 9.97. The first-order valence-electron chi connectivity index (χ1n) is 15.9. The van der Waals surface area contributed by atoms with Gasteiger partial charge in [-0.25, -0.2) is 19.0 Å². The molecule has 43 heavy (non-hydrogen) atoms. The summed E-state index contributed by atoms with van der Waals surface area (Å²) in [5.41, 5.74) is 1.08. The van der Waals surface area contributed by atoms with Crippen LogP contribution in [0.25, 0.3) is 11.0 Å². The van der Waals surface area contributed by atoms with Gasteiger partial charge in [0.1, 0.15) is 6.10 Å². The van der Waals surface area contributed by atoms with Gasteiger partial charge in [-0.2, -0.15) is 0 Å². The molecule has 4 aliphatic rings. The van der Waals surface area contributed by atoms with E-state index in [1.54, 1.807) is 14.4 Å². The molecule has 0 aliphatic carbocycles. The third kappa shape index (κ3) is 6.04. The van der Waals surface area contributed by atoms with Crippen LogP contribution < -0.4 is 11.0 Å². The summed E-state index contributed by atoms with van der Waals surface area (Å²) < 4.78 is 14.0. The van der Waals surface area contributed by atoms with Crippen LogP contribution in [-0.2, 0) is 14.3 Å². The Hall–Kier alpha value is -3.38. The van der Waals surface area contributed by atoms with Crippen molar-refractivity contribution >= 4 is 29.1 Å². The number of nitrogens with zero attached hydrogens (tertiary/aromatic N) is 5. The quantitative estimate of drug-likeness (QED) is 0.489. The number of amides is 3. The molecule has 5 heterocycles. The Labute approximate surface area is 251 Å². The number of carbonyl (C=O) groups is 3. The van der Waals surface area contributed by atoms with E-state index in [-0.39, 0.29) is 41.9 Å². The number of piperidine rings is 1. The number of hydrogen-bond acceptors (Lipinski definition) is 7. The number of imidazole rings is 1. The van der Waals surface area contributed by atoms with E-state index in [9.17, 15) is 19.2 Å². The van der Waals surface area contributed by atoms with Gasteiger partial charge in [-0.3, -0.25) is 14.3 Å². The maximum absolute atomic E-state index is 13.4. The molecule has 4 saturated heterocycles. The highest BCUT2D eigenvalue weighted by atomic mass is 16.6. The molecule has 2 bridgehead atoms. The average Bonchev–Trinajstić information content (AvgIpc) is 3.70. The van der Waals surface area contributed by atoms with Gasteiger partial charge in [0.05, 0.1) is 17.6 Å². The Morgan fingerprint density at radius 1 is 0.977 bits per heavy atom. The van der Waals surface area contributed by atoms with Crippen molar-refractivity contribution in [2.75, 3.05) is 45.9 Å². The largest absolute Gasteiger partial charge is 0.449 e. The molecule has 0 saturated carbocycles. The van der Waals surface area contributed by atoms with Crippen molar-refractivity contribution in [3.63, 3.8) is 0 Å². The Morgan fingerprint density at radius 2 is 1.65 bits per heavy atom. The van der Waals surface area contributed by atoms with E-state index in [1.165, 1.54) is 4.57 Å². The lowest BCUT2D eigenvalue weighted by molar-refractivity contribution is -0.142. The average molecular weight is 597 g/mol. The summed E-state index contributed by atoms with van der Waals surface area (Å²) in [5, 5.41) is 3.16. The lowest BCUT2D eigenvalue weighted by Gasteiger charge is -2.39. The van der Waals surface area contributed by atoms with Crippen LogP contribution in [0, 0.1) is 0 Å². The molecule has 1 aromatic heterocycles. The van der Waals surface area contributed by atoms with Gasteiger partial charge in [-0.05, 0) is 70.9 Å². The van der Waals surface area contributed by atoms with Crippen LogP contribution in [0.2, 0.25) is 0 Å². The third-order valence-corrected chi connectivity index (χ3v) is 9.55. The highest BCUT2D eigenvalue weighted by Gasteiger charge is 2.41. The number of benzene rings is 1. The van der Waals surface area contributed by atoms with Gasteiger partial charge in [0.25, 0.3) is 5.91 Å². The van der Waals surface area contributed by atoms with Crippen LogP contribution >= 0.6 is 0 Å². The van der Waals surface area contributed by atoms with Crippen molar-refractivity contribution in [3.8, 4) is 0 Å². The van der Waals surface area contributed by atoms with Crippen molar-refractivity contribution in [1.82, 2.24) is 29.2 Å². The van der Waals surface area contributed by atoms with E-state index in [1.807, 2.05) is 38.1 Å². The summed E-state index contributed by atoms with van der Waals surface area (Å²) in [6.07, 6.45) is 5.66. The first-order chi connectivity index (χ1) is 20.8. The zero-order valence-corrected chi connectivity index (χ0v) is 25.3. The number of aromatic nitrogens is 2. The minimum atomic E-state index is -0.359. The summed E-state index contributed by atoms with van der Waals surface area (Å²) in [4.78, 5) is 57.7. The lowest BCUT2D eigenvalue weighted by Crippen LogP contribution is -2.53. The molecule has 2 aromatic rings. The third-order valence-electron chi connectivity index (χ3n) is 9.55. The Bertz CT molecular complexity index is 1370. The highest BCUT2D eigenvalue weighted by Crippen LogP contribution is 2.36. The molecule has 12 nitrogen and oxygen atoms in total. The second kappa shape index (κ2) is 12.7. The zero-order valence-electron chi connectivity index (χ0n) is 25.3. The second-order valence-electron chi connectivity index (χ2n) is 12.6. The van der Waals surface area contributed by atoms with Crippen LogP contribution in [0.4, 0.5) is 9.59 Å². The number of hydrogen-bond donors (Lipinski definition) is 1. The smallest absolute Gasteiger partial charge is 0.409 e. The monoisotopic (exact) mass is 596 g/mol. The molecule has 3 amide bonds. The fraction of sp³-hybridized carbons (Fsp3) is 0.677. The van der Waals surface area contributed by atoms with Gasteiger partial charge in [0.15, 0.2) is 0 Å². The summed E-state index contributed by atoms with van der Waals surface area (Å²) in [6.45, 7) is 7.71. The van der Waals surface area contributed by atoms with Crippen LogP contribution in [0.15, 0.2) is 29.1 Å².